The second kappa shape index (κ2) is 2.98. The van der Waals surface area contributed by atoms with Crippen LogP contribution in [0.4, 0.5) is 0 Å². The van der Waals surface area contributed by atoms with Crippen LogP contribution >= 0.6 is 0 Å². The molecule has 0 fully saturated rings. The standard InChI is InChI=1S/C13H11NO2/c1-8-3-4-10-11(5-8)16-12-6-9(7-15)14(2)13(10)12/h3-7H,1-2H3. The summed E-state index contributed by atoms with van der Waals surface area (Å²) in [7, 11) is 1.88. The van der Waals surface area contributed by atoms with E-state index < -0.39 is 0 Å². The Balaban J connectivity index is 2.51. The van der Waals surface area contributed by atoms with Crippen LogP contribution in [0.2, 0.25) is 0 Å². The number of carbonyl (C=O) groups excluding carboxylic acids is 1. The molecule has 0 saturated heterocycles. The van der Waals surface area contributed by atoms with Gasteiger partial charge in [0, 0.05) is 18.5 Å². The van der Waals surface area contributed by atoms with Crippen molar-refractivity contribution < 1.29 is 9.21 Å². The number of aryl methyl sites for hydroxylation is 2. The van der Waals surface area contributed by atoms with Crippen LogP contribution in [0.5, 0.6) is 0 Å². The molecule has 0 N–H and O–H groups in total. The normalized spacial score (nSPS) is 11.4. The van der Waals surface area contributed by atoms with E-state index >= 15 is 0 Å². The Labute approximate surface area is 92.3 Å². The van der Waals surface area contributed by atoms with Crippen molar-refractivity contribution in [3.8, 4) is 0 Å². The fourth-order valence-electron chi connectivity index (χ4n) is 2.13. The highest BCUT2D eigenvalue weighted by molar-refractivity contribution is 6.05. The number of aromatic nitrogens is 1. The monoisotopic (exact) mass is 213 g/mol. The maximum atomic E-state index is 10.8. The lowest BCUT2D eigenvalue weighted by atomic mass is 10.2. The van der Waals surface area contributed by atoms with E-state index in [2.05, 4.69) is 0 Å². The quantitative estimate of drug-likeness (QED) is 0.582. The third-order valence-corrected chi connectivity index (χ3v) is 2.97. The lowest BCUT2D eigenvalue weighted by molar-refractivity contribution is 0.111. The van der Waals surface area contributed by atoms with Gasteiger partial charge in [-0.3, -0.25) is 4.79 Å². The van der Waals surface area contributed by atoms with E-state index in [0.717, 1.165) is 28.4 Å². The molecular formula is C13H11NO2. The van der Waals surface area contributed by atoms with Gasteiger partial charge in [0.25, 0.3) is 0 Å². The highest BCUT2D eigenvalue weighted by atomic mass is 16.3. The van der Waals surface area contributed by atoms with Gasteiger partial charge >= 0.3 is 0 Å². The van der Waals surface area contributed by atoms with Crippen molar-refractivity contribution in [2.24, 2.45) is 7.05 Å². The van der Waals surface area contributed by atoms with Gasteiger partial charge in [0.05, 0.1) is 11.2 Å². The summed E-state index contributed by atoms with van der Waals surface area (Å²) in [4.78, 5) is 10.8. The highest BCUT2D eigenvalue weighted by Gasteiger charge is 2.13. The van der Waals surface area contributed by atoms with E-state index in [-0.39, 0.29) is 0 Å². The molecule has 80 valence electrons. The second-order valence-electron chi connectivity index (χ2n) is 4.06. The molecular weight excluding hydrogens is 202 g/mol. The van der Waals surface area contributed by atoms with Crippen LogP contribution in [-0.2, 0) is 7.05 Å². The zero-order chi connectivity index (χ0) is 11.3. The molecule has 0 aliphatic rings. The number of nitrogens with zero attached hydrogens (tertiary/aromatic N) is 1. The first-order chi connectivity index (χ1) is 7.70. The molecule has 0 atom stereocenters. The maximum Gasteiger partial charge on any atom is 0.166 e. The minimum absolute atomic E-state index is 0.635. The van der Waals surface area contributed by atoms with Gasteiger partial charge < -0.3 is 8.98 Å². The van der Waals surface area contributed by atoms with Gasteiger partial charge in [-0.1, -0.05) is 6.07 Å². The van der Waals surface area contributed by atoms with Crippen LogP contribution < -0.4 is 0 Å². The summed E-state index contributed by atoms with van der Waals surface area (Å²) in [6.45, 7) is 2.03. The van der Waals surface area contributed by atoms with Gasteiger partial charge in [-0.25, -0.2) is 0 Å². The topological polar surface area (TPSA) is 35.1 Å². The van der Waals surface area contributed by atoms with E-state index in [1.165, 1.54) is 5.56 Å². The average molecular weight is 213 g/mol. The first-order valence-corrected chi connectivity index (χ1v) is 5.14. The van der Waals surface area contributed by atoms with Crippen molar-refractivity contribution in [3.63, 3.8) is 0 Å². The Morgan fingerprint density at radius 1 is 1.25 bits per heavy atom. The molecule has 0 amide bonds. The van der Waals surface area contributed by atoms with Gasteiger partial charge in [0.2, 0.25) is 0 Å². The Kier molecular flexibility index (Phi) is 1.72. The molecule has 0 bridgehead atoms. The van der Waals surface area contributed by atoms with Crippen LogP contribution in [0.1, 0.15) is 16.1 Å². The van der Waals surface area contributed by atoms with Crippen LogP contribution in [0.15, 0.2) is 28.7 Å². The lowest BCUT2D eigenvalue weighted by Crippen LogP contribution is -1.93. The van der Waals surface area contributed by atoms with Crippen LogP contribution in [0, 0.1) is 6.92 Å². The molecule has 0 unspecified atom stereocenters. The first-order valence-electron chi connectivity index (χ1n) is 5.14. The van der Waals surface area contributed by atoms with E-state index in [1.54, 1.807) is 6.07 Å². The molecule has 0 aliphatic heterocycles. The van der Waals surface area contributed by atoms with Gasteiger partial charge in [0.1, 0.15) is 5.58 Å². The molecule has 16 heavy (non-hydrogen) atoms. The Morgan fingerprint density at radius 3 is 2.81 bits per heavy atom. The van der Waals surface area contributed by atoms with Gasteiger partial charge in [-0.05, 0) is 24.6 Å². The van der Waals surface area contributed by atoms with Crippen LogP contribution in [-0.4, -0.2) is 10.9 Å². The predicted molar refractivity (Wildman–Crippen MR) is 62.8 cm³/mol. The fourth-order valence-corrected chi connectivity index (χ4v) is 2.13. The summed E-state index contributed by atoms with van der Waals surface area (Å²) in [5.41, 5.74) is 4.43. The first kappa shape index (κ1) is 9.21. The zero-order valence-electron chi connectivity index (χ0n) is 9.15. The third-order valence-electron chi connectivity index (χ3n) is 2.97. The molecule has 0 saturated carbocycles. The largest absolute Gasteiger partial charge is 0.454 e. The summed E-state index contributed by atoms with van der Waals surface area (Å²) in [5.74, 6) is 0. The molecule has 3 aromatic rings. The number of rotatable bonds is 1. The van der Waals surface area contributed by atoms with Gasteiger partial charge in [-0.15, -0.1) is 0 Å². The Bertz CT molecular complexity index is 703. The molecule has 0 radical (unpaired) electrons. The third kappa shape index (κ3) is 1.05. The number of aldehydes is 1. The molecule has 0 spiro atoms. The minimum atomic E-state index is 0.635. The van der Waals surface area contributed by atoms with Crippen LogP contribution in [0.3, 0.4) is 0 Å². The van der Waals surface area contributed by atoms with Gasteiger partial charge in [0.15, 0.2) is 11.9 Å². The Hall–Kier alpha value is -2.03. The number of carbonyl (C=O) groups is 1. The molecule has 0 aliphatic carbocycles. The smallest absolute Gasteiger partial charge is 0.166 e. The number of hydrogen-bond acceptors (Lipinski definition) is 2. The van der Waals surface area contributed by atoms with Crippen LogP contribution in [0.25, 0.3) is 22.1 Å². The number of fused-ring (bicyclic) bond motifs is 3. The van der Waals surface area contributed by atoms with E-state index in [0.29, 0.717) is 5.69 Å². The van der Waals surface area contributed by atoms with Crippen molar-refractivity contribution >= 4 is 28.4 Å². The lowest BCUT2D eigenvalue weighted by Gasteiger charge is -1.96. The summed E-state index contributed by atoms with van der Waals surface area (Å²) >= 11 is 0. The summed E-state index contributed by atoms with van der Waals surface area (Å²) < 4.78 is 7.58. The number of furan rings is 1. The molecule has 2 heterocycles. The highest BCUT2D eigenvalue weighted by Crippen LogP contribution is 2.30. The molecule has 3 nitrogen and oxygen atoms in total. The number of benzene rings is 1. The van der Waals surface area contributed by atoms with Crippen molar-refractivity contribution in [2.45, 2.75) is 6.92 Å². The summed E-state index contributed by atoms with van der Waals surface area (Å²) in [6, 6.07) is 7.86. The molecule has 1 aromatic carbocycles. The Morgan fingerprint density at radius 2 is 2.06 bits per heavy atom. The summed E-state index contributed by atoms with van der Waals surface area (Å²) in [5, 5.41) is 1.05. The summed E-state index contributed by atoms with van der Waals surface area (Å²) in [6.07, 6.45) is 0.843. The zero-order valence-corrected chi connectivity index (χ0v) is 9.15. The molecule has 3 heteroatoms. The SMILES string of the molecule is Cc1ccc2c(c1)oc1cc(C=O)n(C)c12. The number of hydrogen-bond donors (Lipinski definition) is 0. The average Bonchev–Trinajstić information content (AvgIpc) is 2.75. The van der Waals surface area contributed by atoms with E-state index in [4.69, 9.17) is 4.42 Å². The predicted octanol–water partition coefficient (Wildman–Crippen LogP) is 3.05. The van der Waals surface area contributed by atoms with Crippen molar-refractivity contribution in [1.82, 2.24) is 4.57 Å². The van der Waals surface area contributed by atoms with Crippen molar-refractivity contribution in [1.29, 1.82) is 0 Å². The van der Waals surface area contributed by atoms with Crippen molar-refractivity contribution in [2.75, 3.05) is 0 Å². The molecule has 2 aromatic heterocycles. The van der Waals surface area contributed by atoms with E-state index in [1.807, 2.05) is 36.7 Å². The van der Waals surface area contributed by atoms with E-state index in [9.17, 15) is 4.79 Å². The van der Waals surface area contributed by atoms with Gasteiger partial charge in [-0.2, -0.15) is 0 Å². The second-order valence-corrected chi connectivity index (χ2v) is 4.06. The van der Waals surface area contributed by atoms with Crippen molar-refractivity contribution in [3.05, 3.63) is 35.5 Å². The maximum absolute atomic E-state index is 10.8. The minimum Gasteiger partial charge on any atom is -0.454 e. The molecule has 3 rings (SSSR count). The fraction of sp³-hybridized carbons (Fsp3) is 0.154.